The van der Waals surface area contributed by atoms with E-state index in [1.165, 1.54) is 17.2 Å². The molecule has 2 aliphatic heterocycles. The van der Waals surface area contributed by atoms with Crippen molar-refractivity contribution in [2.24, 2.45) is 0 Å². The summed E-state index contributed by atoms with van der Waals surface area (Å²) in [5, 5.41) is 24.3. The summed E-state index contributed by atoms with van der Waals surface area (Å²) < 4.78 is 2.22. The summed E-state index contributed by atoms with van der Waals surface area (Å²) in [6.07, 6.45) is 4.08. The standard InChI is InChI=1S/C21H21BrN4O3/c22-15-10-26-11-16(24-19(26)7-17(15)27)20(29)25-6-5-21(18(28)12-25)8-13-3-1-2-4-14(13)9-23-21/h1-4,7,10-11,18,23,27-28H,5-6,8-9,12H2/t18-,21+/m1/s1. The molecule has 1 aromatic carbocycles. The Morgan fingerprint density at radius 2 is 2.07 bits per heavy atom. The summed E-state index contributed by atoms with van der Waals surface area (Å²) in [4.78, 5) is 19.0. The van der Waals surface area contributed by atoms with Gasteiger partial charge in [0.1, 0.15) is 17.1 Å². The molecule has 0 saturated carbocycles. The average molecular weight is 457 g/mol. The van der Waals surface area contributed by atoms with Crippen molar-refractivity contribution in [1.29, 1.82) is 0 Å². The van der Waals surface area contributed by atoms with Crippen LogP contribution in [0.5, 0.6) is 5.75 Å². The van der Waals surface area contributed by atoms with Crippen molar-refractivity contribution in [3.8, 4) is 5.75 Å². The highest BCUT2D eigenvalue weighted by molar-refractivity contribution is 9.10. The van der Waals surface area contributed by atoms with Crippen LogP contribution in [0.15, 0.2) is 47.2 Å². The number of nitrogens with zero attached hydrogens (tertiary/aromatic N) is 3. The maximum Gasteiger partial charge on any atom is 0.274 e. The zero-order valence-electron chi connectivity index (χ0n) is 15.7. The number of amides is 1. The van der Waals surface area contributed by atoms with Crippen LogP contribution in [0.1, 0.15) is 28.0 Å². The fourth-order valence-corrected chi connectivity index (χ4v) is 4.75. The Balaban J connectivity index is 1.35. The molecule has 2 aromatic heterocycles. The number of carbonyl (C=O) groups is 1. The number of aromatic nitrogens is 2. The molecule has 4 heterocycles. The number of benzene rings is 1. The first-order chi connectivity index (χ1) is 13.9. The van der Waals surface area contributed by atoms with Crippen LogP contribution >= 0.6 is 15.9 Å². The number of β-amino-alcohol motifs (C(OH)–C–C–N with tert-alkyl or cyclic N) is 1. The highest BCUT2D eigenvalue weighted by Gasteiger charge is 2.45. The third kappa shape index (κ3) is 3.11. The number of likely N-dealkylation sites (tertiary alicyclic amines) is 1. The number of rotatable bonds is 1. The lowest BCUT2D eigenvalue weighted by atomic mass is 9.76. The van der Waals surface area contributed by atoms with Gasteiger partial charge in [-0.25, -0.2) is 4.98 Å². The molecule has 5 rings (SSSR count). The van der Waals surface area contributed by atoms with E-state index in [9.17, 15) is 15.0 Å². The Labute approximate surface area is 176 Å². The molecule has 0 radical (unpaired) electrons. The van der Waals surface area contributed by atoms with Crippen LogP contribution in [0.4, 0.5) is 0 Å². The van der Waals surface area contributed by atoms with Crippen LogP contribution < -0.4 is 5.32 Å². The van der Waals surface area contributed by atoms with Gasteiger partial charge in [-0.2, -0.15) is 0 Å². The summed E-state index contributed by atoms with van der Waals surface area (Å²) >= 11 is 3.27. The van der Waals surface area contributed by atoms with E-state index in [0.717, 1.165) is 13.0 Å². The van der Waals surface area contributed by atoms with Crippen LogP contribution in [0.25, 0.3) is 5.65 Å². The lowest BCUT2D eigenvalue weighted by Crippen LogP contribution is -2.65. The second-order valence-electron chi connectivity index (χ2n) is 7.87. The van der Waals surface area contributed by atoms with E-state index in [1.54, 1.807) is 21.7 Å². The number of nitrogens with one attached hydrogen (secondary N) is 1. The zero-order valence-corrected chi connectivity index (χ0v) is 17.3. The van der Waals surface area contributed by atoms with Gasteiger partial charge in [-0.05, 0) is 39.9 Å². The summed E-state index contributed by atoms with van der Waals surface area (Å²) in [6.45, 7) is 1.54. The predicted octanol–water partition coefficient (Wildman–Crippen LogP) is 2.09. The van der Waals surface area contributed by atoms with Crippen LogP contribution in [0.3, 0.4) is 0 Å². The van der Waals surface area contributed by atoms with Crippen molar-refractivity contribution in [3.63, 3.8) is 0 Å². The number of pyridine rings is 1. The van der Waals surface area contributed by atoms with Crippen molar-refractivity contribution in [2.75, 3.05) is 13.1 Å². The van der Waals surface area contributed by atoms with Gasteiger partial charge in [0.25, 0.3) is 5.91 Å². The third-order valence-corrected chi connectivity index (χ3v) is 6.76. The van der Waals surface area contributed by atoms with Crippen LogP contribution in [-0.2, 0) is 13.0 Å². The fraction of sp³-hybridized carbons (Fsp3) is 0.333. The largest absolute Gasteiger partial charge is 0.507 e. The van der Waals surface area contributed by atoms with E-state index in [2.05, 4.69) is 38.4 Å². The molecule has 3 aromatic rings. The molecule has 1 saturated heterocycles. The van der Waals surface area contributed by atoms with E-state index in [1.807, 2.05) is 12.1 Å². The number of aromatic hydroxyl groups is 1. The van der Waals surface area contributed by atoms with Gasteiger partial charge in [0, 0.05) is 38.1 Å². The lowest BCUT2D eigenvalue weighted by molar-refractivity contribution is -0.0140. The number of hydrogen-bond acceptors (Lipinski definition) is 5. The number of aliphatic hydroxyl groups excluding tert-OH is 1. The topological polar surface area (TPSA) is 90.1 Å². The molecular formula is C21H21BrN4O3. The van der Waals surface area contributed by atoms with Crippen LogP contribution in [0.2, 0.25) is 0 Å². The van der Waals surface area contributed by atoms with E-state index in [0.29, 0.717) is 28.8 Å². The first-order valence-corrected chi connectivity index (χ1v) is 10.4. The minimum atomic E-state index is -0.663. The lowest BCUT2D eigenvalue weighted by Gasteiger charge is -2.48. The second kappa shape index (κ2) is 6.83. The highest BCUT2D eigenvalue weighted by Crippen LogP contribution is 2.33. The smallest absolute Gasteiger partial charge is 0.274 e. The fourth-order valence-electron chi connectivity index (χ4n) is 4.41. The third-order valence-electron chi connectivity index (χ3n) is 6.14. The van der Waals surface area contributed by atoms with Crippen molar-refractivity contribution < 1.29 is 15.0 Å². The Hall–Kier alpha value is -2.42. The van der Waals surface area contributed by atoms with E-state index >= 15 is 0 Å². The van der Waals surface area contributed by atoms with E-state index < -0.39 is 11.6 Å². The maximum absolute atomic E-state index is 13.0. The molecule has 1 amide bonds. The highest BCUT2D eigenvalue weighted by atomic mass is 79.9. The zero-order chi connectivity index (χ0) is 20.2. The van der Waals surface area contributed by atoms with Crippen LogP contribution in [0, 0.1) is 0 Å². The van der Waals surface area contributed by atoms with Crippen molar-refractivity contribution in [3.05, 3.63) is 64.0 Å². The van der Waals surface area contributed by atoms with Gasteiger partial charge in [-0.3, -0.25) is 4.79 Å². The Bertz CT molecular complexity index is 1080. The van der Waals surface area contributed by atoms with Gasteiger partial charge in [-0.15, -0.1) is 0 Å². The summed E-state index contributed by atoms with van der Waals surface area (Å²) in [7, 11) is 0. The van der Waals surface area contributed by atoms with Gasteiger partial charge in [-0.1, -0.05) is 24.3 Å². The first-order valence-electron chi connectivity index (χ1n) is 9.61. The van der Waals surface area contributed by atoms with Gasteiger partial charge < -0.3 is 24.8 Å². The number of carbonyl (C=O) groups excluding carboxylic acids is 1. The van der Waals surface area contributed by atoms with Gasteiger partial charge in [0.05, 0.1) is 16.1 Å². The molecule has 3 N–H and O–H groups in total. The molecular weight excluding hydrogens is 436 g/mol. The maximum atomic E-state index is 13.0. The Kier molecular flexibility index (Phi) is 4.38. The molecule has 0 aliphatic carbocycles. The van der Waals surface area contributed by atoms with Crippen molar-refractivity contribution in [2.45, 2.75) is 31.0 Å². The molecule has 0 bridgehead atoms. The molecule has 7 nitrogen and oxygen atoms in total. The number of piperidine rings is 1. The Morgan fingerprint density at radius 3 is 2.86 bits per heavy atom. The first kappa shape index (κ1) is 18.6. The van der Waals surface area contributed by atoms with Gasteiger partial charge in [0.2, 0.25) is 0 Å². The molecule has 2 aliphatic rings. The van der Waals surface area contributed by atoms with Crippen molar-refractivity contribution in [1.82, 2.24) is 19.6 Å². The van der Waals surface area contributed by atoms with Crippen LogP contribution in [-0.4, -0.2) is 55.1 Å². The molecule has 29 heavy (non-hydrogen) atoms. The monoisotopic (exact) mass is 456 g/mol. The molecule has 2 atom stereocenters. The SMILES string of the molecule is O=C(c1cn2cc(Br)c(O)cc2n1)N1CC[C@]2(Cc3ccccc3CN2)[C@H](O)C1. The molecule has 150 valence electrons. The molecule has 1 fully saturated rings. The van der Waals surface area contributed by atoms with Gasteiger partial charge >= 0.3 is 0 Å². The Morgan fingerprint density at radius 1 is 1.28 bits per heavy atom. The quantitative estimate of drug-likeness (QED) is 0.521. The average Bonchev–Trinajstić information content (AvgIpc) is 3.12. The summed E-state index contributed by atoms with van der Waals surface area (Å²) in [5.41, 5.74) is 2.92. The second-order valence-corrected chi connectivity index (χ2v) is 8.72. The minimum absolute atomic E-state index is 0.0705. The van der Waals surface area contributed by atoms with E-state index in [4.69, 9.17) is 0 Å². The summed E-state index contributed by atoms with van der Waals surface area (Å²) in [6, 6.07) is 9.79. The summed E-state index contributed by atoms with van der Waals surface area (Å²) in [5.74, 6) is -0.143. The molecule has 1 spiro atoms. The predicted molar refractivity (Wildman–Crippen MR) is 111 cm³/mol. The number of halogens is 1. The molecule has 0 unspecified atom stereocenters. The number of fused-ring (bicyclic) bond motifs is 2. The van der Waals surface area contributed by atoms with Crippen molar-refractivity contribution >= 4 is 27.5 Å². The number of hydrogen-bond donors (Lipinski definition) is 3. The minimum Gasteiger partial charge on any atom is -0.507 e. The normalized spacial score (nSPS) is 24.1. The number of imidazole rings is 1. The molecule has 8 heteroatoms. The number of aliphatic hydroxyl groups is 1. The van der Waals surface area contributed by atoms with E-state index in [-0.39, 0.29) is 18.2 Å². The van der Waals surface area contributed by atoms with Gasteiger partial charge in [0.15, 0.2) is 0 Å².